The first-order chi connectivity index (χ1) is 12.5. The molecule has 2 amide bonds. The number of ether oxygens (including phenoxy) is 1. The molecular formula is C20H21ClN2O3. The summed E-state index contributed by atoms with van der Waals surface area (Å²) in [5.41, 5.74) is 6.92. The summed E-state index contributed by atoms with van der Waals surface area (Å²) < 4.78 is 5.53. The van der Waals surface area contributed by atoms with Gasteiger partial charge >= 0.3 is 0 Å². The lowest BCUT2D eigenvalue weighted by molar-refractivity contribution is -0.132. The number of primary amides is 1. The van der Waals surface area contributed by atoms with Crippen LogP contribution in [0.5, 0.6) is 5.75 Å². The Hall–Kier alpha value is -2.53. The first kappa shape index (κ1) is 18.3. The molecule has 2 aromatic carbocycles. The van der Waals surface area contributed by atoms with Crippen molar-refractivity contribution in [3.63, 3.8) is 0 Å². The van der Waals surface area contributed by atoms with Crippen LogP contribution in [0.2, 0.25) is 5.02 Å². The third-order valence-electron chi connectivity index (χ3n) is 4.55. The molecule has 1 atom stereocenters. The second-order valence-corrected chi connectivity index (χ2v) is 6.94. The molecule has 0 saturated carbocycles. The Kier molecular flexibility index (Phi) is 5.78. The van der Waals surface area contributed by atoms with E-state index in [1.807, 2.05) is 23.1 Å². The number of benzene rings is 2. The van der Waals surface area contributed by atoms with E-state index in [1.54, 1.807) is 30.3 Å². The molecule has 1 unspecified atom stereocenters. The van der Waals surface area contributed by atoms with Crippen molar-refractivity contribution in [2.24, 2.45) is 11.7 Å². The van der Waals surface area contributed by atoms with Crippen LogP contribution >= 0.6 is 11.6 Å². The zero-order valence-corrected chi connectivity index (χ0v) is 15.1. The Balaban J connectivity index is 1.50. The summed E-state index contributed by atoms with van der Waals surface area (Å²) in [6, 6.07) is 14.3. The van der Waals surface area contributed by atoms with Gasteiger partial charge in [0.25, 0.3) is 5.91 Å². The van der Waals surface area contributed by atoms with Crippen LogP contribution in [0.3, 0.4) is 0 Å². The third-order valence-corrected chi connectivity index (χ3v) is 4.80. The molecule has 6 heteroatoms. The number of carbonyl (C=O) groups excluding carboxylic acids is 2. The van der Waals surface area contributed by atoms with Crippen molar-refractivity contribution in [2.45, 2.75) is 12.8 Å². The maximum atomic E-state index is 12.3. The predicted molar refractivity (Wildman–Crippen MR) is 100 cm³/mol. The number of carbonyl (C=O) groups is 2. The van der Waals surface area contributed by atoms with Gasteiger partial charge in [0, 0.05) is 23.7 Å². The van der Waals surface area contributed by atoms with Gasteiger partial charge in [-0.15, -0.1) is 0 Å². The molecule has 1 heterocycles. The van der Waals surface area contributed by atoms with Crippen LogP contribution in [0.4, 0.5) is 0 Å². The second-order valence-electron chi connectivity index (χ2n) is 6.51. The Bertz CT molecular complexity index is 792. The fourth-order valence-corrected chi connectivity index (χ4v) is 3.30. The largest absolute Gasteiger partial charge is 0.484 e. The Labute approximate surface area is 157 Å². The van der Waals surface area contributed by atoms with Gasteiger partial charge in [-0.05, 0) is 60.7 Å². The quantitative estimate of drug-likeness (QED) is 0.847. The van der Waals surface area contributed by atoms with Crippen LogP contribution in [-0.2, 0) is 11.2 Å². The van der Waals surface area contributed by atoms with Crippen molar-refractivity contribution in [2.75, 3.05) is 19.7 Å². The highest BCUT2D eigenvalue weighted by molar-refractivity contribution is 6.30. The molecule has 1 aliphatic heterocycles. The zero-order valence-electron chi connectivity index (χ0n) is 14.4. The van der Waals surface area contributed by atoms with Gasteiger partial charge in [0.2, 0.25) is 5.91 Å². The van der Waals surface area contributed by atoms with Gasteiger partial charge < -0.3 is 15.4 Å². The van der Waals surface area contributed by atoms with E-state index in [2.05, 4.69) is 0 Å². The molecule has 0 bridgehead atoms. The predicted octanol–water partition coefficient (Wildman–Crippen LogP) is 2.91. The summed E-state index contributed by atoms with van der Waals surface area (Å²) in [5.74, 6) is 0.558. The maximum Gasteiger partial charge on any atom is 0.260 e. The van der Waals surface area contributed by atoms with Gasteiger partial charge in [-0.2, -0.15) is 0 Å². The van der Waals surface area contributed by atoms with Crippen molar-refractivity contribution in [3.05, 3.63) is 64.7 Å². The molecule has 2 N–H and O–H groups in total. The topological polar surface area (TPSA) is 72.6 Å². The smallest absolute Gasteiger partial charge is 0.260 e. The van der Waals surface area contributed by atoms with Crippen molar-refractivity contribution >= 4 is 23.4 Å². The Morgan fingerprint density at radius 1 is 1.19 bits per heavy atom. The van der Waals surface area contributed by atoms with Gasteiger partial charge in [-0.25, -0.2) is 0 Å². The lowest BCUT2D eigenvalue weighted by Gasteiger charge is -2.17. The van der Waals surface area contributed by atoms with E-state index >= 15 is 0 Å². The minimum Gasteiger partial charge on any atom is -0.484 e. The van der Waals surface area contributed by atoms with Crippen molar-refractivity contribution < 1.29 is 14.3 Å². The summed E-state index contributed by atoms with van der Waals surface area (Å²) in [7, 11) is 0. The highest BCUT2D eigenvalue weighted by Gasteiger charge is 2.26. The molecule has 1 aliphatic rings. The molecule has 0 aliphatic carbocycles. The van der Waals surface area contributed by atoms with Crippen LogP contribution in [0, 0.1) is 5.92 Å². The van der Waals surface area contributed by atoms with Crippen LogP contribution in [0.1, 0.15) is 22.3 Å². The van der Waals surface area contributed by atoms with E-state index in [9.17, 15) is 9.59 Å². The number of nitrogens with zero attached hydrogens (tertiary/aromatic N) is 1. The monoisotopic (exact) mass is 372 g/mol. The fourth-order valence-electron chi connectivity index (χ4n) is 3.18. The highest BCUT2D eigenvalue weighted by atomic mass is 35.5. The minimum absolute atomic E-state index is 0.0194. The molecule has 5 nitrogen and oxygen atoms in total. The SMILES string of the molecule is NC(=O)c1cccc(CC2CCN(C(=O)COc3ccc(Cl)cc3)C2)c1. The second kappa shape index (κ2) is 8.23. The number of amides is 2. The van der Waals surface area contributed by atoms with E-state index in [-0.39, 0.29) is 12.5 Å². The van der Waals surface area contributed by atoms with E-state index in [4.69, 9.17) is 22.1 Å². The molecule has 0 aromatic heterocycles. The molecule has 1 fully saturated rings. The average Bonchev–Trinajstić information content (AvgIpc) is 3.10. The number of hydrogen-bond acceptors (Lipinski definition) is 3. The summed E-state index contributed by atoms with van der Waals surface area (Å²) in [5, 5.41) is 0.631. The van der Waals surface area contributed by atoms with Crippen molar-refractivity contribution in [1.29, 1.82) is 0 Å². The molecule has 0 radical (unpaired) electrons. The number of halogens is 1. The van der Waals surface area contributed by atoms with Crippen LogP contribution < -0.4 is 10.5 Å². The van der Waals surface area contributed by atoms with Gasteiger partial charge in [0.05, 0.1) is 0 Å². The Morgan fingerprint density at radius 2 is 1.96 bits per heavy atom. The molecule has 3 rings (SSSR count). The van der Waals surface area contributed by atoms with E-state index in [0.717, 1.165) is 24.9 Å². The Morgan fingerprint density at radius 3 is 2.69 bits per heavy atom. The third kappa shape index (κ3) is 4.76. The molecular weight excluding hydrogens is 352 g/mol. The number of nitrogens with two attached hydrogens (primary N) is 1. The van der Waals surface area contributed by atoms with Gasteiger partial charge in [0.15, 0.2) is 6.61 Å². The van der Waals surface area contributed by atoms with Gasteiger partial charge in [0.1, 0.15) is 5.75 Å². The molecule has 136 valence electrons. The number of likely N-dealkylation sites (tertiary alicyclic amines) is 1. The first-order valence-corrected chi connectivity index (χ1v) is 8.94. The van der Waals surface area contributed by atoms with Crippen LogP contribution in [0.15, 0.2) is 48.5 Å². The summed E-state index contributed by atoms with van der Waals surface area (Å²) in [4.78, 5) is 25.5. The van der Waals surface area contributed by atoms with E-state index in [0.29, 0.717) is 28.8 Å². The average molecular weight is 373 g/mol. The lowest BCUT2D eigenvalue weighted by atomic mass is 9.97. The van der Waals surface area contributed by atoms with Crippen molar-refractivity contribution in [3.8, 4) is 5.75 Å². The molecule has 1 saturated heterocycles. The number of rotatable bonds is 6. The van der Waals surface area contributed by atoms with E-state index < -0.39 is 5.91 Å². The van der Waals surface area contributed by atoms with Crippen LogP contribution in [-0.4, -0.2) is 36.4 Å². The first-order valence-electron chi connectivity index (χ1n) is 8.56. The summed E-state index contributed by atoms with van der Waals surface area (Å²) >= 11 is 5.83. The van der Waals surface area contributed by atoms with Crippen LogP contribution in [0.25, 0.3) is 0 Å². The summed E-state index contributed by atoms with van der Waals surface area (Å²) in [6.45, 7) is 1.44. The number of hydrogen-bond donors (Lipinski definition) is 1. The maximum absolute atomic E-state index is 12.3. The summed E-state index contributed by atoms with van der Waals surface area (Å²) in [6.07, 6.45) is 1.76. The standard InChI is InChI=1S/C20H21ClN2O3/c21-17-4-6-18(7-5-17)26-13-19(24)23-9-8-15(12-23)10-14-2-1-3-16(11-14)20(22)25/h1-7,11,15H,8-10,12-13H2,(H2,22,25). The molecule has 26 heavy (non-hydrogen) atoms. The lowest BCUT2D eigenvalue weighted by Crippen LogP contribution is -2.33. The van der Waals surface area contributed by atoms with Crippen molar-refractivity contribution in [1.82, 2.24) is 4.90 Å². The fraction of sp³-hybridized carbons (Fsp3) is 0.300. The van der Waals surface area contributed by atoms with Gasteiger partial charge in [-0.3, -0.25) is 9.59 Å². The van der Waals surface area contributed by atoms with E-state index in [1.165, 1.54) is 0 Å². The zero-order chi connectivity index (χ0) is 18.5. The molecule has 2 aromatic rings. The molecule has 0 spiro atoms. The minimum atomic E-state index is -0.422. The normalized spacial score (nSPS) is 16.5. The van der Waals surface area contributed by atoms with Gasteiger partial charge in [-0.1, -0.05) is 23.7 Å². The highest BCUT2D eigenvalue weighted by Crippen LogP contribution is 2.22.